The number of carbonyl (C=O) groups excluding carboxylic acids is 2. The number of hydrogen-bond acceptors (Lipinski definition) is 7. The third-order valence-electron chi connectivity index (χ3n) is 4.80. The van der Waals surface area contributed by atoms with Crippen LogP contribution in [0.15, 0.2) is 9.59 Å². The van der Waals surface area contributed by atoms with Crippen molar-refractivity contribution >= 4 is 17.6 Å². The Morgan fingerprint density at radius 3 is 2.59 bits per heavy atom. The van der Waals surface area contributed by atoms with Gasteiger partial charge in [-0.15, -0.1) is 0 Å². The molecule has 1 saturated heterocycles. The van der Waals surface area contributed by atoms with Gasteiger partial charge in [0, 0.05) is 20.1 Å². The van der Waals surface area contributed by atoms with E-state index in [1.807, 2.05) is 11.8 Å². The van der Waals surface area contributed by atoms with E-state index in [2.05, 4.69) is 0 Å². The van der Waals surface area contributed by atoms with Gasteiger partial charge in [-0.3, -0.25) is 28.4 Å². The van der Waals surface area contributed by atoms with E-state index in [4.69, 9.17) is 10.5 Å². The van der Waals surface area contributed by atoms with Gasteiger partial charge in [0.1, 0.15) is 11.4 Å². The molecular weight excluding hydrogens is 352 g/mol. The molecule has 1 aromatic heterocycles. The van der Waals surface area contributed by atoms with E-state index in [1.54, 1.807) is 6.92 Å². The lowest BCUT2D eigenvalue weighted by Crippen LogP contribution is -2.46. The molecule has 2 N–H and O–H groups in total. The molecule has 2 rings (SSSR count). The number of nitrogen functional groups attached to an aromatic ring is 1. The summed E-state index contributed by atoms with van der Waals surface area (Å²) in [5.41, 5.74) is 4.62. The fraction of sp³-hybridized carbons (Fsp3) is 0.667. The zero-order chi connectivity index (χ0) is 20.1. The van der Waals surface area contributed by atoms with Crippen LogP contribution in [0.1, 0.15) is 43.5 Å². The van der Waals surface area contributed by atoms with Crippen LogP contribution in [0.5, 0.6) is 0 Å². The van der Waals surface area contributed by atoms with Gasteiger partial charge in [-0.1, -0.05) is 6.92 Å². The molecule has 0 aliphatic carbocycles. The van der Waals surface area contributed by atoms with Gasteiger partial charge in [0.05, 0.1) is 19.1 Å². The van der Waals surface area contributed by atoms with Gasteiger partial charge in [0.2, 0.25) is 0 Å². The molecule has 1 aromatic rings. The standard InChI is InChI=1S/C18H28N4O5/c1-4-8-22-15(19)14(16(24)20(3)18(22)26)13(23)11-21-9-6-7-12(10-21)17(25)27-5-2/h12H,4-11,19H2,1-3H3/t12-/m1/s1. The molecule has 0 amide bonds. The highest BCUT2D eigenvalue weighted by molar-refractivity contribution is 6.01. The minimum atomic E-state index is -0.686. The van der Waals surface area contributed by atoms with E-state index in [9.17, 15) is 19.2 Å². The number of likely N-dealkylation sites (tertiary alicyclic amines) is 1. The molecule has 27 heavy (non-hydrogen) atoms. The second-order valence-corrected chi connectivity index (χ2v) is 6.81. The first-order chi connectivity index (χ1) is 12.8. The summed E-state index contributed by atoms with van der Waals surface area (Å²) in [6.45, 7) is 5.30. The maximum atomic E-state index is 12.8. The third kappa shape index (κ3) is 4.47. The van der Waals surface area contributed by atoms with E-state index in [0.717, 1.165) is 17.4 Å². The van der Waals surface area contributed by atoms with Crippen LogP contribution in [0.2, 0.25) is 0 Å². The number of ether oxygens (including phenoxy) is 1. The molecule has 1 fully saturated rings. The largest absolute Gasteiger partial charge is 0.466 e. The fourth-order valence-corrected chi connectivity index (χ4v) is 3.42. The van der Waals surface area contributed by atoms with Crippen molar-refractivity contribution in [3.63, 3.8) is 0 Å². The number of Topliss-reactive ketones (excluding diaryl/α,β-unsaturated/α-hetero) is 1. The van der Waals surface area contributed by atoms with Crippen LogP contribution in [0, 0.1) is 5.92 Å². The Balaban J connectivity index is 2.24. The number of nitrogens with two attached hydrogens (primary N) is 1. The van der Waals surface area contributed by atoms with Crippen LogP contribution in [-0.4, -0.2) is 52.0 Å². The second-order valence-electron chi connectivity index (χ2n) is 6.81. The van der Waals surface area contributed by atoms with Crippen molar-refractivity contribution in [2.45, 2.75) is 39.7 Å². The Bertz CT molecular complexity index is 826. The number of hydrogen-bond donors (Lipinski definition) is 1. The zero-order valence-electron chi connectivity index (χ0n) is 16.2. The predicted octanol–water partition coefficient (Wildman–Crippen LogP) is -0.00300. The molecule has 1 aliphatic rings. The van der Waals surface area contributed by atoms with Crippen molar-refractivity contribution in [1.29, 1.82) is 0 Å². The van der Waals surface area contributed by atoms with Gasteiger partial charge in [-0.25, -0.2) is 4.79 Å². The lowest BCUT2D eigenvalue weighted by molar-refractivity contribution is -0.149. The number of anilines is 1. The Morgan fingerprint density at radius 2 is 1.96 bits per heavy atom. The number of aromatic nitrogens is 2. The van der Waals surface area contributed by atoms with Gasteiger partial charge >= 0.3 is 11.7 Å². The topological polar surface area (TPSA) is 117 Å². The third-order valence-corrected chi connectivity index (χ3v) is 4.80. The summed E-state index contributed by atoms with van der Waals surface area (Å²) in [5, 5.41) is 0. The van der Waals surface area contributed by atoms with E-state index in [-0.39, 0.29) is 29.8 Å². The molecule has 2 heterocycles. The lowest BCUT2D eigenvalue weighted by atomic mass is 9.97. The first-order valence-corrected chi connectivity index (χ1v) is 9.33. The molecule has 150 valence electrons. The number of nitrogens with zero attached hydrogens (tertiary/aromatic N) is 3. The lowest BCUT2D eigenvalue weighted by Gasteiger charge is -2.30. The molecular formula is C18H28N4O5. The average molecular weight is 380 g/mol. The average Bonchev–Trinajstić information content (AvgIpc) is 2.64. The molecule has 9 nitrogen and oxygen atoms in total. The van der Waals surface area contributed by atoms with E-state index in [1.165, 1.54) is 11.6 Å². The van der Waals surface area contributed by atoms with Gasteiger partial charge < -0.3 is 10.5 Å². The summed E-state index contributed by atoms with van der Waals surface area (Å²) < 4.78 is 7.24. The molecule has 0 bridgehead atoms. The normalized spacial score (nSPS) is 17.7. The number of esters is 1. The Labute approximate surface area is 157 Å². The molecule has 0 saturated carbocycles. The Hall–Kier alpha value is -2.42. The summed E-state index contributed by atoms with van der Waals surface area (Å²) in [4.78, 5) is 51.3. The fourth-order valence-electron chi connectivity index (χ4n) is 3.42. The van der Waals surface area contributed by atoms with E-state index in [0.29, 0.717) is 32.7 Å². The number of carbonyl (C=O) groups is 2. The first kappa shape index (κ1) is 20.9. The van der Waals surface area contributed by atoms with Crippen LogP contribution in [-0.2, 0) is 23.1 Å². The SMILES string of the molecule is CCCn1c(N)c(C(=O)CN2CCC[C@@H](C(=O)OCC)C2)c(=O)n(C)c1=O. The van der Waals surface area contributed by atoms with Gasteiger partial charge in [0.15, 0.2) is 5.78 Å². The van der Waals surface area contributed by atoms with Crippen LogP contribution in [0.25, 0.3) is 0 Å². The smallest absolute Gasteiger partial charge is 0.332 e. The van der Waals surface area contributed by atoms with Gasteiger partial charge in [-0.2, -0.15) is 0 Å². The first-order valence-electron chi connectivity index (χ1n) is 9.33. The number of rotatable bonds is 7. The predicted molar refractivity (Wildman–Crippen MR) is 101 cm³/mol. The molecule has 0 spiro atoms. The van der Waals surface area contributed by atoms with Crippen molar-refractivity contribution in [1.82, 2.24) is 14.0 Å². The summed E-state index contributed by atoms with van der Waals surface area (Å²) in [5.74, 6) is -1.07. The molecule has 9 heteroatoms. The van der Waals surface area contributed by atoms with Crippen LogP contribution < -0.4 is 17.0 Å². The van der Waals surface area contributed by atoms with Crippen LogP contribution in [0.3, 0.4) is 0 Å². The molecule has 1 atom stereocenters. The van der Waals surface area contributed by atoms with Crippen LogP contribution >= 0.6 is 0 Å². The van der Waals surface area contributed by atoms with Gasteiger partial charge in [-0.05, 0) is 32.7 Å². The highest BCUT2D eigenvalue weighted by Crippen LogP contribution is 2.18. The summed E-state index contributed by atoms with van der Waals surface area (Å²) in [7, 11) is 1.34. The number of ketones is 1. The Kier molecular flexibility index (Phi) is 6.95. The monoisotopic (exact) mass is 380 g/mol. The highest BCUT2D eigenvalue weighted by Gasteiger charge is 2.29. The van der Waals surface area contributed by atoms with Crippen molar-refractivity contribution in [3.8, 4) is 0 Å². The summed E-state index contributed by atoms with van der Waals surface area (Å²) in [6, 6.07) is 0. The minimum absolute atomic E-state index is 0.0281. The molecule has 0 unspecified atom stereocenters. The quantitative estimate of drug-likeness (QED) is 0.522. The maximum absolute atomic E-state index is 12.8. The molecule has 0 radical (unpaired) electrons. The van der Waals surface area contributed by atoms with Crippen molar-refractivity contribution in [3.05, 3.63) is 26.4 Å². The second kappa shape index (κ2) is 8.98. The van der Waals surface area contributed by atoms with Gasteiger partial charge in [0.25, 0.3) is 5.56 Å². The van der Waals surface area contributed by atoms with Crippen LogP contribution in [0.4, 0.5) is 5.82 Å². The molecule has 0 aromatic carbocycles. The summed E-state index contributed by atoms with van der Waals surface area (Å²) >= 11 is 0. The van der Waals surface area contributed by atoms with Crippen molar-refractivity contribution in [2.24, 2.45) is 13.0 Å². The Morgan fingerprint density at radius 1 is 1.26 bits per heavy atom. The van der Waals surface area contributed by atoms with Crippen molar-refractivity contribution in [2.75, 3.05) is 32.0 Å². The number of piperidine rings is 1. The highest BCUT2D eigenvalue weighted by atomic mass is 16.5. The maximum Gasteiger partial charge on any atom is 0.332 e. The summed E-state index contributed by atoms with van der Waals surface area (Å²) in [6.07, 6.45) is 2.12. The minimum Gasteiger partial charge on any atom is -0.466 e. The van der Waals surface area contributed by atoms with E-state index < -0.39 is 17.0 Å². The van der Waals surface area contributed by atoms with E-state index >= 15 is 0 Å². The zero-order valence-corrected chi connectivity index (χ0v) is 16.2. The van der Waals surface area contributed by atoms with Crippen molar-refractivity contribution < 1.29 is 14.3 Å². The molecule has 1 aliphatic heterocycles.